The molecule has 2 rings (SSSR count). The summed E-state index contributed by atoms with van der Waals surface area (Å²) in [6.07, 6.45) is 0.0240. The first-order valence-electron chi connectivity index (χ1n) is 6.80. The van der Waals surface area contributed by atoms with E-state index < -0.39 is 39.9 Å². The maximum Gasteiger partial charge on any atom is 0.416 e. The van der Waals surface area contributed by atoms with Crippen molar-refractivity contribution in [2.24, 2.45) is 0 Å². The largest absolute Gasteiger partial charge is 0.416 e. The van der Waals surface area contributed by atoms with E-state index in [1.54, 1.807) is 23.9 Å². The van der Waals surface area contributed by atoms with Crippen LogP contribution in [0.3, 0.4) is 0 Å². The second-order valence-corrected chi connectivity index (χ2v) is 5.12. The van der Waals surface area contributed by atoms with Gasteiger partial charge < -0.3 is 9.88 Å². The van der Waals surface area contributed by atoms with Gasteiger partial charge in [-0.15, -0.1) is 0 Å². The average molecular weight is 342 g/mol. The van der Waals surface area contributed by atoms with Crippen molar-refractivity contribution in [2.45, 2.75) is 25.7 Å². The zero-order valence-corrected chi connectivity index (χ0v) is 12.4. The van der Waals surface area contributed by atoms with E-state index in [9.17, 15) is 28.1 Å². The highest BCUT2D eigenvalue weighted by atomic mass is 19.4. The SMILES string of the molecule is CC(Cn1ccnc1)NC(=O)c1ccc(C(F)(F)F)cc1[N+](=O)[O-]. The summed E-state index contributed by atoms with van der Waals surface area (Å²) >= 11 is 0. The zero-order chi connectivity index (χ0) is 17.9. The van der Waals surface area contributed by atoms with E-state index in [1.165, 1.54) is 6.33 Å². The van der Waals surface area contributed by atoms with Gasteiger partial charge in [-0.05, 0) is 19.1 Å². The molecule has 128 valence electrons. The summed E-state index contributed by atoms with van der Waals surface area (Å²) in [7, 11) is 0. The molecule has 0 aliphatic carbocycles. The fourth-order valence-corrected chi connectivity index (χ4v) is 2.11. The molecular weight excluding hydrogens is 329 g/mol. The van der Waals surface area contributed by atoms with Gasteiger partial charge in [0.25, 0.3) is 11.6 Å². The number of rotatable bonds is 5. The van der Waals surface area contributed by atoms with Crippen LogP contribution >= 0.6 is 0 Å². The third kappa shape index (κ3) is 4.09. The van der Waals surface area contributed by atoms with Crippen molar-refractivity contribution in [1.82, 2.24) is 14.9 Å². The minimum atomic E-state index is -4.73. The lowest BCUT2D eigenvalue weighted by Gasteiger charge is -2.15. The first-order chi connectivity index (χ1) is 11.2. The fourth-order valence-electron chi connectivity index (χ4n) is 2.11. The Morgan fingerprint density at radius 3 is 2.71 bits per heavy atom. The molecule has 1 atom stereocenters. The van der Waals surface area contributed by atoms with Crippen molar-refractivity contribution in [1.29, 1.82) is 0 Å². The van der Waals surface area contributed by atoms with Gasteiger partial charge in [0.05, 0.1) is 16.8 Å². The third-order valence-electron chi connectivity index (χ3n) is 3.19. The summed E-state index contributed by atoms with van der Waals surface area (Å²) < 4.78 is 39.6. The predicted octanol–water partition coefficient (Wildman–Crippen LogP) is 2.63. The molecule has 1 N–H and O–H groups in total. The van der Waals surface area contributed by atoms with Crippen LogP contribution in [0.2, 0.25) is 0 Å². The molecule has 0 fully saturated rings. The van der Waals surface area contributed by atoms with E-state index in [4.69, 9.17) is 0 Å². The van der Waals surface area contributed by atoms with Gasteiger partial charge in [-0.3, -0.25) is 14.9 Å². The van der Waals surface area contributed by atoms with Crippen LogP contribution in [-0.2, 0) is 12.7 Å². The van der Waals surface area contributed by atoms with Crippen molar-refractivity contribution in [3.8, 4) is 0 Å². The van der Waals surface area contributed by atoms with Gasteiger partial charge >= 0.3 is 6.18 Å². The van der Waals surface area contributed by atoms with E-state index >= 15 is 0 Å². The van der Waals surface area contributed by atoms with Crippen molar-refractivity contribution in [2.75, 3.05) is 0 Å². The molecule has 2 aromatic rings. The molecule has 0 radical (unpaired) electrons. The van der Waals surface area contributed by atoms with Crippen LogP contribution in [0.4, 0.5) is 18.9 Å². The minimum absolute atomic E-state index is 0.357. The molecule has 0 aliphatic rings. The summed E-state index contributed by atoms with van der Waals surface area (Å²) in [5.41, 5.74) is -2.50. The molecule has 1 amide bonds. The van der Waals surface area contributed by atoms with Crippen LogP contribution in [0.25, 0.3) is 0 Å². The highest BCUT2D eigenvalue weighted by Crippen LogP contribution is 2.33. The molecule has 1 heterocycles. The van der Waals surface area contributed by atoms with Crippen LogP contribution in [0.5, 0.6) is 0 Å². The second kappa shape index (κ2) is 6.69. The Labute approximate surface area is 134 Å². The first kappa shape index (κ1) is 17.4. The summed E-state index contributed by atoms with van der Waals surface area (Å²) in [5.74, 6) is -0.817. The van der Waals surface area contributed by atoms with Gasteiger partial charge in [-0.2, -0.15) is 13.2 Å². The number of nitrogens with zero attached hydrogens (tertiary/aromatic N) is 3. The number of carbonyl (C=O) groups excluding carboxylic acids is 1. The Kier molecular flexibility index (Phi) is 4.86. The molecule has 0 saturated carbocycles. The molecule has 1 unspecified atom stereocenters. The van der Waals surface area contributed by atoms with Crippen LogP contribution < -0.4 is 5.32 Å². The Bertz CT molecular complexity index is 744. The normalized spacial score (nSPS) is 12.7. The number of amides is 1. The maximum atomic E-state index is 12.7. The summed E-state index contributed by atoms with van der Waals surface area (Å²) in [4.78, 5) is 26.0. The number of benzene rings is 1. The van der Waals surface area contributed by atoms with Gasteiger partial charge in [0.1, 0.15) is 5.56 Å². The number of nitro groups is 1. The number of imidazole rings is 1. The Hall–Kier alpha value is -2.91. The predicted molar refractivity (Wildman–Crippen MR) is 77.3 cm³/mol. The van der Waals surface area contributed by atoms with Crippen LogP contribution in [0.15, 0.2) is 36.9 Å². The average Bonchev–Trinajstić information content (AvgIpc) is 2.98. The fraction of sp³-hybridized carbons (Fsp3) is 0.286. The highest BCUT2D eigenvalue weighted by molar-refractivity contribution is 5.98. The van der Waals surface area contributed by atoms with Gasteiger partial charge in [-0.1, -0.05) is 0 Å². The Balaban J connectivity index is 2.20. The van der Waals surface area contributed by atoms with Crippen LogP contribution in [0, 0.1) is 10.1 Å². The molecule has 10 heteroatoms. The molecule has 1 aromatic carbocycles. The quantitative estimate of drug-likeness (QED) is 0.668. The molecule has 0 spiro atoms. The van der Waals surface area contributed by atoms with E-state index in [-0.39, 0.29) is 0 Å². The number of nitrogens with one attached hydrogen (secondary N) is 1. The van der Waals surface area contributed by atoms with E-state index in [1.807, 2.05) is 0 Å². The number of hydrogen-bond acceptors (Lipinski definition) is 4. The molecule has 0 aliphatic heterocycles. The second-order valence-electron chi connectivity index (χ2n) is 5.12. The summed E-state index contributed by atoms with van der Waals surface area (Å²) in [6.45, 7) is 2.02. The number of carbonyl (C=O) groups is 1. The Morgan fingerprint density at radius 2 is 2.17 bits per heavy atom. The number of nitro benzene ring substituents is 1. The van der Waals surface area contributed by atoms with E-state index in [0.717, 1.165) is 6.07 Å². The first-order valence-corrected chi connectivity index (χ1v) is 6.80. The lowest BCUT2D eigenvalue weighted by Crippen LogP contribution is -2.35. The maximum absolute atomic E-state index is 12.7. The van der Waals surface area contributed by atoms with Gasteiger partial charge in [-0.25, -0.2) is 4.98 Å². The van der Waals surface area contributed by atoms with Gasteiger partial charge in [0.15, 0.2) is 0 Å². The van der Waals surface area contributed by atoms with Crippen molar-refractivity contribution < 1.29 is 22.9 Å². The molecule has 0 saturated heterocycles. The third-order valence-corrected chi connectivity index (χ3v) is 3.19. The number of hydrogen-bond donors (Lipinski definition) is 1. The van der Waals surface area contributed by atoms with Crippen molar-refractivity contribution in [3.63, 3.8) is 0 Å². The molecular formula is C14H13F3N4O3. The van der Waals surface area contributed by atoms with Crippen LogP contribution in [0.1, 0.15) is 22.8 Å². The monoisotopic (exact) mass is 342 g/mol. The molecule has 24 heavy (non-hydrogen) atoms. The van der Waals surface area contributed by atoms with Crippen LogP contribution in [-0.4, -0.2) is 26.4 Å². The lowest BCUT2D eigenvalue weighted by molar-refractivity contribution is -0.385. The van der Waals surface area contributed by atoms with Gasteiger partial charge in [0, 0.05) is 31.0 Å². The van der Waals surface area contributed by atoms with Gasteiger partial charge in [0.2, 0.25) is 0 Å². The molecule has 7 nitrogen and oxygen atoms in total. The minimum Gasteiger partial charge on any atom is -0.348 e. The summed E-state index contributed by atoms with van der Waals surface area (Å²) in [6, 6.07) is 1.39. The van der Waals surface area contributed by atoms with E-state index in [0.29, 0.717) is 18.7 Å². The zero-order valence-electron chi connectivity index (χ0n) is 12.4. The number of aromatic nitrogens is 2. The van der Waals surface area contributed by atoms with E-state index in [2.05, 4.69) is 10.3 Å². The lowest BCUT2D eigenvalue weighted by atomic mass is 10.1. The topological polar surface area (TPSA) is 90.1 Å². The summed E-state index contributed by atoms with van der Waals surface area (Å²) in [5, 5.41) is 13.5. The Morgan fingerprint density at radius 1 is 1.46 bits per heavy atom. The van der Waals surface area contributed by atoms with Crippen molar-refractivity contribution in [3.05, 3.63) is 58.2 Å². The molecule has 1 aromatic heterocycles. The number of alkyl halides is 3. The van der Waals surface area contributed by atoms with Crippen molar-refractivity contribution >= 4 is 11.6 Å². The number of halogens is 3. The highest BCUT2D eigenvalue weighted by Gasteiger charge is 2.34. The standard InChI is InChI=1S/C14H13F3N4O3/c1-9(7-20-5-4-18-8-20)19-13(22)11-3-2-10(14(15,16)17)6-12(11)21(23)24/h2-6,8-9H,7H2,1H3,(H,19,22). The smallest absolute Gasteiger partial charge is 0.348 e. The molecule has 0 bridgehead atoms.